The number of carboxylic acids is 1. The summed E-state index contributed by atoms with van der Waals surface area (Å²) in [5.41, 5.74) is 4.28. The summed E-state index contributed by atoms with van der Waals surface area (Å²) in [6, 6.07) is 2.36. The predicted molar refractivity (Wildman–Crippen MR) is 111 cm³/mol. The number of carboxylic acid groups (broad SMARTS) is 1. The Kier molecular flexibility index (Phi) is 8.16. The highest BCUT2D eigenvalue weighted by Gasteiger charge is 2.43. The van der Waals surface area contributed by atoms with Crippen LogP contribution in [-0.2, 0) is 11.2 Å². The van der Waals surface area contributed by atoms with Gasteiger partial charge in [-0.2, -0.15) is 0 Å². The first-order valence-electron chi connectivity index (χ1n) is 9.95. The molecule has 5 N–H and O–H groups in total. The van der Waals surface area contributed by atoms with E-state index in [0.29, 0.717) is 11.4 Å². The van der Waals surface area contributed by atoms with Crippen molar-refractivity contribution < 1.29 is 19.7 Å². The van der Waals surface area contributed by atoms with Crippen LogP contribution in [0.1, 0.15) is 38.3 Å². The van der Waals surface area contributed by atoms with E-state index in [2.05, 4.69) is 11.9 Å². The van der Waals surface area contributed by atoms with Gasteiger partial charge < -0.3 is 31.0 Å². The molecule has 0 bridgehead atoms. The number of carbonyl (C=O) groups is 1. The highest BCUT2D eigenvalue weighted by Crippen LogP contribution is 2.28. The minimum Gasteiger partial charge on any atom is -0.490 e. The number of aromatic nitrogens is 1. The first-order valence-corrected chi connectivity index (χ1v) is 9.95. The second-order valence-electron chi connectivity index (χ2n) is 7.94. The molecule has 0 spiro atoms. The van der Waals surface area contributed by atoms with E-state index in [4.69, 9.17) is 15.9 Å². The lowest BCUT2D eigenvalue weighted by molar-refractivity contribution is -0.161. The van der Waals surface area contributed by atoms with Crippen LogP contribution < -0.4 is 10.5 Å². The van der Waals surface area contributed by atoms with E-state index < -0.39 is 17.6 Å². The second-order valence-corrected chi connectivity index (χ2v) is 7.94. The largest absolute Gasteiger partial charge is 0.490 e. The smallest absolute Gasteiger partial charge is 0.337 e. The Morgan fingerprint density at radius 1 is 1.48 bits per heavy atom. The van der Waals surface area contributed by atoms with Gasteiger partial charge in [-0.15, -0.1) is 0 Å². The Morgan fingerprint density at radius 3 is 2.79 bits per heavy atom. The lowest BCUT2D eigenvalue weighted by Crippen LogP contribution is -2.59. The van der Waals surface area contributed by atoms with E-state index in [1.165, 1.54) is 6.08 Å². The van der Waals surface area contributed by atoms with Crippen molar-refractivity contribution in [3.63, 3.8) is 0 Å². The summed E-state index contributed by atoms with van der Waals surface area (Å²) in [4.78, 5) is 17.7. The number of rotatable bonds is 10. The van der Waals surface area contributed by atoms with Crippen molar-refractivity contribution in [3.8, 4) is 5.75 Å². The SMILES string of the molecule is CC1CCC(Oc2ccnc(C[C@](O)(C(=O)O)[C@@H](N)CN(C)/C=C\C=N)c2)CC1. The molecule has 1 aromatic rings. The highest BCUT2D eigenvalue weighted by atomic mass is 16.5. The zero-order valence-electron chi connectivity index (χ0n) is 17.1. The fourth-order valence-electron chi connectivity index (χ4n) is 3.52. The molecule has 2 atom stereocenters. The third kappa shape index (κ3) is 6.54. The normalized spacial score (nSPS) is 22.6. The van der Waals surface area contributed by atoms with Crippen LogP contribution in [0.2, 0.25) is 0 Å². The number of aliphatic hydroxyl groups is 1. The van der Waals surface area contributed by atoms with Crippen LogP contribution in [0.15, 0.2) is 30.6 Å². The average molecular weight is 405 g/mol. The van der Waals surface area contributed by atoms with Gasteiger partial charge in [0.15, 0.2) is 5.60 Å². The maximum Gasteiger partial charge on any atom is 0.337 e. The van der Waals surface area contributed by atoms with Gasteiger partial charge in [0.2, 0.25) is 0 Å². The Labute approximate surface area is 171 Å². The Bertz CT molecular complexity index is 718. The van der Waals surface area contributed by atoms with Crippen LogP contribution in [0.4, 0.5) is 0 Å². The minimum absolute atomic E-state index is 0.101. The summed E-state index contributed by atoms with van der Waals surface area (Å²) in [6.45, 7) is 2.35. The van der Waals surface area contributed by atoms with Crippen molar-refractivity contribution >= 4 is 12.2 Å². The van der Waals surface area contributed by atoms with Crippen molar-refractivity contribution in [2.45, 2.75) is 56.8 Å². The number of hydrogen-bond donors (Lipinski definition) is 4. The Balaban J connectivity index is 2.08. The first kappa shape index (κ1) is 22.8. The summed E-state index contributed by atoms with van der Waals surface area (Å²) in [5, 5.41) is 27.5. The van der Waals surface area contributed by atoms with Crippen molar-refractivity contribution in [1.82, 2.24) is 9.88 Å². The molecular weight excluding hydrogens is 372 g/mol. The van der Waals surface area contributed by atoms with Gasteiger partial charge in [-0.1, -0.05) is 6.92 Å². The van der Waals surface area contributed by atoms with Gasteiger partial charge in [0.05, 0.1) is 12.1 Å². The Hall–Kier alpha value is -2.45. The summed E-state index contributed by atoms with van der Waals surface area (Å²) in [7, 11) is 1.69. The van der Waals surface area contributed by atoms with Crippen molar-refractivity contribution in [3.05, 3.63) is 36.3 Å². The maximum absolute atomic E-state index is 11.8. The molecule has 2 rings (SSSR count). The molecule has 1 heterocycles. The van der Waals surface area contributed by atoms with Gasteiger partial charge in [-0.3, -0.25) is 4.98 Å². The molecule has 8 nitrogen and oxygen atoms in total. The molecule has 1 aromatic heterocycles. The third-order valence-electron chi connectivity index (χ3n) is 5.41. The molecule has 0 aromatic carbocycles. The van der Waals surface area contributed by atoms with Gasteiger partial charge >= 0.3 is 5.97 Å². The zero-order valence-corrected chi connectivity index (χ0v) is 17.1. The van der Waals surface area contributed by atoms with E-state index in [-0.39, 0.29) is 19.1 Å². The lowest BCUT2D eigenvalue weighted by Gasteiger charge is -2.32. The summed E-state index contributed by atoms with van der Waals surface area (Å²) >= 11 is 0. The standard InChI is InChI=1S/C21H32N4O4/c1-15-4-6-17(7-5-15)29-18-8-10-24-16(12-18)13-21(28,20(26)27)19(23)14-25(2)11-3-9-22/h3,8-12,15,17,19,22,28H,4-7,13-14,23H2,1-2H3,(H,26,27)/b11-3-,22-9?/t15?,17?,19-,21+/m0/s1. The van der Waals surface area contributed by atoms with Gasteiger partial charge in [0, 0.05) is 50.4 Å². The van der Waals surface area contributed by atoms with E-state index in [1.807, 2.05) is 0 Å². The third-order valence-corrected chi connectivity index (χ3v) is 5.41. The number of likely N-dealkylation sites (N-methyl/N-ethyl adjacent to an activating group) is 1. The minimum atomic E-state index is -2.18. The second kappa shape index (κ2) is 10.4. The van der Waals surface area contributed by atoms with Crippen LogP contribution in [0.3, 0.4) is 0 Å². The molecule has 160 valence electrons. The number of ether oxygens (including phenoxy) is 1. The summed E-state index contributed by atoms with van der Waals surface area (Å²) < 4.78 is 6.05. The van der Waals surface area contributed by atoms with E-state index in [1.54, 1.807) is 36.5 Å². The number of hydrogen-bond acceptors (Lipinski definition) is 7. The summed E-state index contributed by atoms with van der Waals surface area (Å²) in [5.74, 6) is -0.0485. The molecule has 0 amide bonds. The van der Waals surface area contributed by atoms with Crippen LogP contribution in [-0.4, -0.2) is 63.6 Å². The average Bonchev–Trinajstić information content (AvgIpc) is 2.68. The van der Waals surface area contributed by atoms with Crippen molar-refractivity contribution in [2.24, 2.45) is 11.7 Å². The molecule has 8 heteroatoms. The number of aliphatic carboxylic acids is 1. The van der Waals surface area contributed by atoms with Gasteiger partial charge in [-0.05, 0) is 43.7 Å². The fourth-order valence-corrected chi connectivity index (χ4v) is 3.52. The molecule has 1 aliphatic carbocycles. The summed E-state index contributed by atoms with van der Waals surface area (Å²) in [6.07, 6.45) is 9.93. The van der Waals surface area contributed by atoms with Gasteiger partial charge in [0.1, 0.15) is 5.75 Å². The van der Waals surface area contributed by atoms with Gasteiger partial charge in [0.25, 0.3) is 0 Å². The van der Waals surface area contributed by atoms with Crippen LogP contribution in [0, 0.1) is 11.3 Å². The Morgan fingerprint density at radius 2 is 2.17 bits per heavy atom. The monoisotopic (exact) mass is 404 g/mol. The quantitative estimate of drug-likeness (QED) is 0.437. The molecule has 0 aliphatic heterocycles. The van der Waals surface area contributed by atoms with Crippen molar-refractivity contribution in [2.75, 3.05) is 13.6 Å². The van der Waals surface area contributed by atoms with Crippen LogP contribution in [0.25, 0.3) is 0 Å². The molecule has 1 aliphatic rings. The molecule has 29 heavy (non-hydrogen) atoms. The topological polar surface area (TPSA) is 133 Å². The van der Waals surface area contributed by atoms with E-state index in [9.17, 15) is 15.0 Å². The number of nitrogens with one attached hydrogen (secondary N) is 1. The van der Waals surface area contributed by atoms with Crippen LogP contribution >= 0.6 is 0 Å². The molecule has 0 unspecified atom stereocenters. The number of pyridine rings is 1. The van der Waals surface area contributed by atoms with E-state index in [0.717, 1.165) is 37.8 Å². The lowest BCUT2D eigenvalue weighted by atomic mass is 9.88. The molecule has 0 saturated heterocycles. The fraction of sp³-hybridized carbons (Fsp3) is 0.571. The van der Waals surface area contributed by atoms with Crippen LogP contribution in [0.5, 0.6) is 5.75 Å². The first-order chi connectivity index (χ1) is 13.7. The number of nitrogens with zero attached hydrogens (tertiary/aromatic N) is 2. The highest BCUT2D eigenvalue weighted by molar-refractivity contribution is 5.78. The number of allylic oxidation sites excluding steroid dienone is 1. The van der Waals surface area contributed by atoms with Gasteiger partial charge in [-0.25, -0.2) is 4.79 Å². The molecular formula is C21H32N4O4. The predicted octanol–water partition coefficient (Wildman–Crippen LogP) is 1.82. The maximum atomic E-state index is 11.8. The zero-order chi connectivity index (χ0) is 21.4. The van der Waals surface area contributed by atoms with Crippen molar-refractivity contribution in [1.29, 1.82) is 5.41 Å². The molecule has 1 fully saturated rings. The molecule has 0 radical (unpaired) electrons. The molecule has 1 saturated carbocycles. The van der Waals surface area contributed by atoms with E-state index >= 15 is 0 Å². The number of nitrogens with two attached hydrogens (primary N) is 1.